The molecule has 6 heteroatoms. The third kappa shape index (κ3) is 4.30. The molecule has 0 spiro atoms. The molecule has 2 unspecified atom stereocenters. The molecule has 2 aliphatic rings. The first-order valence-electron chi connectivity index (χ1n) is 9.21. The van der Waals surface area contributed by atoms with Gasteiger partial charge in [-0.15, -0.1) is 0 Å². The third-order valence-electron chi connectivity index (χ3n) is 5.58. The quantitative estimate of drug-likeness (QED) is 0.896. The summed E-state index contributed by atoms with van der Waals surface area (Å²) in [5, 5.41) is 9.64. The van der Waals surface area contributed by atoms with Crippen LogP contribution in [-0.2, 0) is 4.79 Å². The van der Waals surface area contributed by atoms with E-state index in [0.717, 1.165) is 38.2 Å². The third-order valence-corrected chi connectivity index (χ3v) is 5.58. The van der Waals surface area contributed by atoms with Crippen molar-refractivity contribution in [2.24, 2.45) is 5.92 Å². The molecule has 2 fully saturated rings. The van der Waals surface area contributed by atoms with Crippen LogP contribution in [0.15, 0.2) is 24.3 Å². The predicted molar refractivity (Wildman–Crippen MR) is 96.0 cm³/mol. The zero-order valence-corrected chi connectivity index (χ0v) is 14.9. The minimum Gasteiger partial charge on any atom is -0.395 e. The summed E-state index contributed by atoms with van der Waals surface area (Å²) in [7, 11) is 0. The van der Waals surface area contributed by atoms with Gasteiger partial charge in [-0.25, -0.2) is 4.39 Å². The Balaban J connectivity index is 1.52. The van der Waals surface area contributed by atoms with Gasteiger partial charge in [0.15, 0.2) is 0 Å². The molecule has 1 aromatic carbocycles. The number of halogens is 1. The highest BCUT2D eigenvalue weighted by atomic mass is 19.1. The molecule has 2 aliphatic heterocycles. The Kier molecular flexibility index (Phi) is 5.91. The lowest BCUT2D eigenvalue weighted by Crippen LogP contribution is -2.54. The molecule has 1 aromatic rings. The van der Waals surface area contributed by atoms with Crippen LogP contribution in [0.5, 0.6) is 0 Å². The number of likely N-dealkylation sites (tertiary alicyclic amines) is 1. The lowest BCUT2D eigenvalue weighted by atomic mass is 9.91. The van der Waals surface area contributed by atoms with Crippen LogP contribution in [0, 0.1) is 11.7 Å². The number of nitrogens with zero attached hydrogens (tertiary/aromatic N) is 3. The van der Waals surface area contributed by atoms with Gasteiger partial charge < -0.3 is 14.9 Å². The summed E-state index contributed by atoms with van der Waals surface area (Å²) in [5.74, 6) is 0.347. The highest BCUT2D eigenvalue weighted by Crippen LogP contribution is 2.23. The number of aliphatic hydroxyl groups excluding tert-OH is 1. The van der Waals surface area contributed by atoms with Crippen molar-refractivity contribution in [3.8, 4) is 0 Å². The lowest BCUT2D eigenvalue weighted by Gasteiger charge is -2.41. The fourth-order valence-electron chi connectivity index (χ4n) is 3.97. The number of piperidine rings is 1. The van der Waals surface area contributed by atoms with Crippen LogP contribution in [0.25, 0.3) is 0 Å². The Morgan fingerprint density at radius 2 is 1.84 bits per heavy atom. The van der Waals surface area contributed by atoms with E-state index < -0.39 is 0 Å². The van der Waals surface area contributed by atoms with Gasteiger partial charge in [0.05, 0.1) is 13.2 Å². The summed E-state index contributed by atoms with van der Waals surface area (Å²) in [5.41, 5.74) is 0.999. The van der Waals surface area contributed by atoms with Gasteiger partial charge in [0, 0.05) is 37.9 Å². The van der Waals surface area contributed by atoms with Crippen molar-refractivity contribution in [2.75, 3.05) is 50.8 Å². The monoisotopic (exact) mass is 349 g/mol. The number of hydrogen-bond donors (Lipinski definition) is 1. The molecule has 0 saturated carbocycles. The van der Waals surface area contributed by atoms with Gasteiger partial charge in [0.1, 0.15) is 5.82 Å². The second kappa shape index (κ2) is 8.15. The first-order valence-corrected chi connectivity index (χ1v) is 9.21. The molecule has 3 rings (SSSR count). The molecule has 0 aromatic heterocycles. The summed E-state index contributed by atoms with van der Waals surface area (Å²) in [6.45, 7) is 6.44. The number of carbonyl (C=O) groups excluding carboxylic acids is 1. The first-order chi connectivity index (χ1) is 12.1. The van der Waals surface area contributed by atoms with Crippen LogP contribution in [0.4, 0.5) is 10.1 Å². The van der Waals surface area contributed by atoms with Crippen LogP contribution in [0.3, 0.4) is 0 Å². The molecular weight excluding hydrogens is 321 g/mol. The molecule has 138 valence electrons. The molecule has 5 nitrogen and oxygen atoms in total. The Bertz CT molecular complexity index is 573. The lowest BCUT2D eigenvalue weighted by molar-refractivity contribution is -0.134. The molecule has 1 N–H and O–H groups in total. The molecule has 2 saturated heterocycles. The van der Waals surface area contributed by atoms with Crippen LogP contribution in [0.1, 0.15) is 19.8 Å². The Labute approximate surface area is 149 Å². The maximum Gasteiger partial charge on any atom is 0.236 e. The summed E-state index contributed by atoms with van der Waals surface area (Å²) in [4.78, 5) is 18.9. The van der Waals surface area contributed by atoms with Crippen molar-refractivity contribution in [1.82, 2.24) is 9.80 Å². The summed E-state index contributed by atoms with van der Waals surface area (Å²) in [6.07, 6.45) is 2.20. The van der Waals surface area contributed by atoms with Gasteiger partial charge in [0.2, 0.25) is 5.91 Å². The van der Waals surface area contributed by atoms with Gasteiger partial charge in [-0.1, -0.05) is 6.92 Å². The van der Waals surface area contributed by atoms with Crippen molar-refractivity contribution in [3.05, 3.63) is 30.1 Å². The number of amides is 1. The topological polar surface area (TPSA) is 47.0 Å². The van der Waals surface area contributed by atoms with Crippen molar-refractivity contribution < 1.29 is 14.3 Å². The summed E-state index contributed by atoms with van der Waals surface area (Å²) < 4.78 is 13.0. The van der Waals surface area contributed by atoms with E-state index in [4.69, 9.17) is 0 Å². The van der Waals surface area contributed by atoms with E-state index in [1.165, 1.54) is 12.1 Å². The number of anilines is 1. The van der Waals surface area contributed by atoms with Crippen LogP contribution >= 0.6 is 0 Å². The first kappa shape index (κ1) is 18.1. The standard InChI is InChI=1S/C19H28FN3O2/c1-15-3-2-8-23(18(15)14-24)13-19(25)22-11-9-21(10-12-22)17-6-4-16(20)5-7-17/h4-7,15,18,24H,2-3,8-14H2,1H3. The average Bonchev–Trinajstić information content (AvgIpc) is 2.63. The van der Waals surface area contributed by atoms with Gasteiger partial charge in [-0.05, 0) is 49.6 Å². The molecule has 25 heavy (non-hydrogen) atoms. The van der Waals surface area contributed by atoms with Gasteiger partial charge in [-0.2, -0.15) is 0 Å². The molecule has 0 aliphatic carbocycles. The van der Waals surface area contributed by atoms with E-state index in [9.17, 15) is 14.3 Å². The Morgan fingerprint density at radius 3 is 2.48 bits per heavy atom. The number of rotatable bonds is 4. The number of benzene rings is 1. The van der Waals surface area contributed by atoms with Crippen molar-refractivity contribution in [3.63, 3.8) is 0 Å². The number of carbonyl (C=O) groups is 1. The second-order valence-electron chi connectivity index (χ2n) is 7.18. The minimum absolute atomic E-state index is 0.0956. The molecular formula is C19H28FN3O2. The molecule has 0 bridgehead atoms. The van der Waals surface area contributed by atoms with Gasteiger partial charge >= 0.3 is 0 Å². The van der Waals surface area contributed by atoms with E-state index in [1.807, 2.05) is 4.90 Å². The zero-order valence-electron chi connectivity index (χ0n) is 14.9. The molecule has 2 atom stereocenters. The maximum atomic E-state index is 13.0. The van der Waals surface area contributed by atoms with Crippen molar-refractivity contribution in [2.45, 2.75) is 25.8 Å². The van der Waals surface area contributed by atoms with E-state index in [0.29, 0.717) is 25.6 Å². The number of aliphatic hydroxyl groups is 1. The van der Waals surface area contributed by atoms with E-state index in [-0.39, 0.29) is 24.4 Å². The van der Waals surface area contributed by atoms with Gasteiger partial charge in [0.25, 0.3) is 0 Å². The Hall–Kier alpha value is -1.66. The fourth-order valence-corrected chi connectivity index (χ4v) is 3.97. The highest BCUT2D eigenvalue weighted by Gasteiger charge is 2.31. The smallest absolute Gasteiger partial charge is 0.236 e. The van der Waals surface area contributed by atoms with E-state index >= 15 is 0 Å². The molecule has 0 radical (unpaired) electrons. The maximum absolute atomic E-state index is 13.0. The predicted octanol–water partition coefficient (Wildman–Crippen LogP) is 1.57. The van der Waals surface area contributed by atoms with E-state index in [1.54, 1.807) is 12.1 Å². The second-order valence-corrected chi connectivity index (χ2v) is 7.18. The summed E-state index contributed by atoms with van der Waals surface area (Å²) in [6, 6.07) is 6.61. The SMILES string of the molecule is CC1CCCN(CC(=O)N2CCN(c3ccc(F)cc3)CC2)C1CO. The minimum atomic E-state index is -0.230. The van der Waals surface area contributed by atoms with Crippen molar-refractivity contribution >= 4 is 11.6 Å². The highest BCUT2D eigenvalue weighted by molar-refractivity contribution is 5.78. The van der Waals surface area contributed by atoms with Crippen LogP contribution < -0.4 is 4.90 Å². The normalized spacial score (nSPS) is 25.2. The molecule has 1 amide bonds. The van der Waals surface area contributed by atoms with Crippen molar-refractivity contribution in [1.29, 1.82) is 0 Å². The van der Waals surface area contributed by atoms with Crippen LogP contribution in [0.2, 0.25) is 0 Å². The fraction of sp³-hybridized carbons (Fsp3) is 0.632. The largest absolute Gasteiger partial charge is 0.395 e. The Morgan fingerprint density at radius 1 is 1.16 bits per heavy atom. The zero-order chi connectivity index (χ0) is 17.8. The average molecular weight is 349 g/mol. The summed E-state index contributed by atoms with van der Waals surface area (Å²) >= 11 is 0. The van der Waals surface area contributed by atoms with E-state index in [2.05, 4.69) is 16.7 Å². The number of hydrogen-bond acceptors (Lipinski definition) is 4. The molecule has 2 heterocycles. The number of piperazine rings is 1. The van der Waals surface area contributed by atoms with Crippen LogP contribution in [-0.4, -0.2) is 72.7 Å². The van der Waals surface area contributed by atoms with Gasteiger partial charge in [-0.3, -0.25) is 9.69 Å².